The third-order valence-corrected chi connectivity index (χ3v) is 9.42. The van der Waals surface area contributed by atoms with Crippen molar-refractivity contribution in [3.05, 3.63) is 48.2 Å². The van der Waals surface area contributed by atoms with Crippen molar-refractivity contribution in [1.29, 1.82) is 0 Å². The maximum Gasteiger partial charge on any atom is 0.394 e. The van der Waals surface area contributed by atoms with Gasteiger partial charge in [0.05, 0.1) is 17.6 Å². The Labute approximate surface area is 254 Å². The van der Waals surface area contributed by atoms with E-state index in [4.69, 9.17) is 9.72 Å². The van der Waals surface area contributed by atoms with Gasteiger partial charge >= 0.3 is 6.18 Å². The summed E-state index contributed by atoms with van der Waals surface area (Å²) < 4.78 is 75.0. The number of alkyl halides is 3. The van der Waals surface area contributed by atoms with Crippen molar-refractivity contribution in [3.8, 4) is 11.7 Å². The number of anilines is 2. The minimum Gasteiger partial charge on any atom is -0.477 e. The molecule has 238 valence electrons. The van der Waals surface area contributed by atoms with Gasteiger partial charge in [-0.2, -0.15) is 21.6 Å². The molecule has 1 fully saturated rings. The fraction of sp³-hybridized carbons (Fsp3) is 0.517. The van der Waals surface area contributed by atoms with Gasteiger partial charge in [0.15, 0.2) is 10.8 Å². The summed E-state index contributed by atoms with van der Waals surface area (Å²) in [6, 6.07) is 9.08. The lowest BCUT2D eigenvalue weighted by Gasteiger charge is -2.34. The van der Waals surface area contributed by atoms with E-state index >= 15 is 0 Å². The Morgan fingerprint density at radius 3 is 2.64 bits per heavy atom. The molecule has 11 nitrogen and oxygen atoms in total. The molecule has 3 aromatic heterocycles. The first kappa shape index (κ1) is 31.5. The van der Waals surface area contributed by atoms with Crippen molar-refractivity contribution in [1.82, 2.24) is 24.5 Å². The lowest BCUT2D eigenvalue weighted by molar-refractivity contribution is -0.215. The average Bonchev–Trinajstić information content (AvgIpc) is 3.53. The number of nitrogens with one attached hydrogen (secondary N) is 2. The fourth-order valence-corrected chi connectivity index (χ4v) is 6.40. The first-order chi connectivity index (χ1) is 20.6. The van der Waals surface area contributed by atoms with E-state index in [0.29, 0.717) is 36.5 Å². The zero-order valence-corrected chi connectivity index (χ0v) is 25.8. The van der Waals surface area contributed by atoms with Gasteiger partial charge < -0.3 is 15.0 Å². The molecule has 5 heterocycles. The van der Waals surface area contributed by atoms with Crippen LogP contribution in [0.1, 0.15) is 63.7 Å². The standard InChI is InChI=1S/C29H36F3N7O4S/c1-27(2,29(30,31)32)13-16-43-23-12-15-39(36-23)22-11-10-20-25(35-22)38-18-19(17-28(38,3)4)7-6-14-33-21-8-5-9-24(34-21)44(41,42)37-26(20)40/h5,8-12,15,19H,6-7,13-14,16-18H2,1-4H3,(H,33,34)(H,37,40)/t19-/m0/s1. The normalized spacial score (nSPS) is 20.1. The van der Waals surface area contributed by atoms with E-state index in [1.807, 2.05) is 4.90 Å². The molecule has 15 heteroatoms. The molecule has 0 aromatic carbocycles. The summed E-state index contributed by atoms with van der Waals surface area (Å²) in [5.74, 6) is 0.580. The molecule has 4 bridgehead atoms. The second kappa shape index (κ2) is 11.6. The smallest absolute Gasteiger partial charge is 0.394 e. The maximum absolute atomic E-state index is 13.5. The lowest BCUT2D eigenvalue weighted by Crippen LogP contribution is -2.41. The van der Waals surface area contributed by atoms with Crippen LogP contribution in [0, 0.1) is 11.3 Å². The van der Waals surface area contributed by atoms with Crippen LogP contribution in [0.25, 0.3) is 5.82 Å². The summed E-state index contributed by atoms with van der Waals surface area (Å²) in [5.41, 5.74) is -2.25. The molecule has 2 aliphatic heterocycles. The van der Waals surface area contributed by atoms with Crippen LogP contribution < -0.4 is 19.7 Å². The van der Waals surface area contributed by atoms with Crippen LogP contribution in [-0.2, 0) is 10.0 Å². The zero-order valence-electron chi connectivity index (χ0n) is 25.0. The van der Waals surface area contributed by atoms with Crippen molar-refractivity contribution in [3.63, 3.8) is 0 Å². The Balaban J connectivity index is 1.47. The number of sulfonamides is 1. The SMILES string of the molecule is CC1(C)C[C@@H]2CCCNc3cccc(n3)S(=O)(=O)NC(=O)c3ccc(-n4ccc(OCCC(C)(C)C(F)(F)F)n4)nc3N1C2. The highest BCUT2D eigenvalue weighted by Crippen LogP contribution is 2.41. The summed E-state index contributed by atoms with van der Waals surface area (Å²) >= 11 is 0. The first-order valence-electron chi connectivity index (χ1n) is 14.4. The number of hydrogen-bond donors (Lipinski definition) is 2. The first-order valence-corrected chi connectivity index (χ1v) is 15.9. The second-order valence-electron chi connectivity index (χ2n) is 12.5. The van der Waals surface area contributed by atoms with E-state index < -0.39 is 33.1 Å². The predicted molar refractivity (Wildman–Crippen MR) is 157 cm³/mol. The minimum atomic E-state index is -4.36. The molecule has 5 rings (SSSR count). The van der Waals surface area contributed by atoms with Gasteiger partial charge in [-0.15, -0.1) is 5.10 Å². The summed E-state index contributed by atoms with van der Waals surface area (Å²) in [6.45, 7) is 7.36. The van der Waals surface area contributed by atoms with Crippen molar-refractivity contribution in [2.75, 3.05) is 29.9 Å². The van der Waals surface area contributed by atoms with Crippen LogP contribution in [0.2, 0.25) is 0 Å². The highest BCUT2D eigenvalue weighted by Gasteiger charge is 2.47. The van der Waals surface area contributed by atoms with E-state index in [-0.39, 0.29) is 29.5 Å². The molecular formula is C29H36F3N7O4S. The highest BCUT2D eigenvalue weighted by atomic mass is 32.2. The van der Waals surface area contributed by atoms with Crippen LogP contribution in [0.3, 0.4) is 0 Å². The van der Waals surface area contributed by atoms with E-state index in [1.54, 1.807) is 18.3 Å². The van der Waals surface area contributed by atoms with Crippen LogP contribution in [0.4, 0.5) is 24.8 Å². The van der Waals surface area contributed by atoms with Gasteiger partial charge in [-0.3, -0.25) is 4.79 Å². The van der Waals surface area contributed by atoms with E-state index in [1.165, 1.54) is 28.9 Å². The molecule has 2 N–H and O–H groups in total. The van der Waals surface area contributed by atoms with Gasteiger partial charge in [0.1, 0.15) is 11.6 Å². The molecule has 0 saturated carbocycles. The van der Waals surface area contributed by atoms with Crippen LogP contribution >= 0.6 is 0 Å². The molecule has 2 aliphatic rings. The number of fused-ring (bicyclic) bond motifs is 6. The largest absolute Gasteiger partial charge is 0.477 e. The fourth-order valence-electron chi connectivity index (χ4n) is 5.47. The Bertz CT molecular complexity index is 1640. The number of amides is 1. The third kappa shape index (κ3) is 6.61. The molecule has 1 saturated heterocycles. The number of halogens is 3. The number of carbonyl (C=O) groups excluding carboxylic acids is 1. The summed E-state index contributed by atoms with van der Waals surface area (Å²) in [7, 11) is -4.30. The predicted octanol–water partition coefficient (Wildman–Crippen LogP) is 4.95. The number of carbonyl (C=O) groups is 1. The molecule has 0 unspecified atom stereocenters. The Morgan fingerprint density at radius 1 is 1.11 bits per heavy atom. The van der Waals surface area contributed by atoms with Crippen LogP contribution in [-0.4, -0.2) is 65.5 Å². The minimum absolute atomic E-state index is 0.0632. The summed E-state index contributed by atoms with van der Waals surface area (Å²) in [5, 5.41) is 7.20. The zero-order chi connectivity index (χ0) is 31.9. The average molecular weight is 636 g/mol. The molecule has 44 heavy (non-hydrogen) atoms. The summed E-state index contributed by atoms with van der Waals surface area (Å²) in [6.07, 6.45) is -0.489. The molecule has 1 amide bonds. The van der Waals surface area contributed by atoms with Gasteiger partial charge in [-0.1, -0.05) is 19.9 Å². The molecular weight excluding hydrogens is 599 g/mol. The van der Waals surface area contributed by atoms with Gasteiger partial charge in [0, 0.05) is 30.9 Å². The van der Waals surface area contributed by atoms with Gasteiger partial charge in [0.2, 0.25) is 5.88 Å². The Hall–Kier alpha value is -3.88. The summed E-state index contributed by atoms with van der Waals surface area (Å²) in [4.78, 5) is 24.5. The maximum atomic E-state index is 13.5. The van der Waals surface area contributed by atoms with Crippen molar-refractivity contribution >= 4 is 27.6 Å². The van der Waals surface area contributed by atoms with Gasteiger partial charge in [0.25, 0.3) is 15.9 Å². The number of hydrogen-bond acceptors (Lipinski definition) is 9. The van der Waals surface area contributed by atoms with Crippen molar-refractivity contribution in [2.24, 2.45) is 11.3 Å². The van der Waals surface area contributed by atoms with Crippen molar-refractivity contribution in [2.45, 2.75) is 70.1 Å². The molecule has 0 spiro atoms. The van der Waals surface area contributed by atoms with Gasteiger partial charge in [-0.05, 0) is 69.7 Å². The molecule has 1 atom stereocenters. The van der Waals surface area contributed by atoms with E-state index in [0.717, 1.165) is 33.1 Å². The second-order valence-corrected chi connectivity index (χ2v) is 14.1. The molecule has 0 radical (unpaired) electrons. The quantitative estimate of drug-likeness (QED) is 0.400. The highest BCUT2D eigenvalue weighted by molar-refractivity contribution is 7.90. The molecule has 3 aromatic rings. The van der Waals surface area contributed by atoms with Gasteiger partial charge in [-0.25, -0.2) is 19.4 Å². The third-order valence-electron chi connectivity index (χ3n) is 8.19. The lowest BCUT2D eigenvalue weighted by atomic mass is 9.89. The van der Waals surface area contributed by atoms with Crippen LogP contribution in [0.5, 0.6) is 5.88 Å². The number of aromatic nitrogens is 4. The van der Waals surface area contributed by atoms with Crippen molar-refractivity contribution < 1.29 is 31.1 Å². The molecule has 0 aliphatic carbocycles. The van der Waals surface area contributed by atoms with E-state index in [2.05, 4.69) is 34.0 Å². The topological polar surface area (TPSA) is 131 Å². The van der Waals surface area contributed by atoms with Crippen LogP contribution in [0.15, 0.2) is 47.6 Å². The Morgan fingerprint density at radius 2 is 1.89 bits per heavy atom. The Kier molecular flexibility index (Phi) is 8.29. The number of ether oxygens (including phenoxy) is 1. The monoisotopic (exact) mass is 635 g/mol. The number of rotatable bonds is 5. The van der Waals surface area contributed by atoms with E-state index in [9.17, 15) is 26.4 Å². The number of pyridine rings is 2. The number of nitrogens with zero attached hydrogens (tertiary/aromatic N) is 5.